The zero-order chi connectivity index (χ0) is 22.0. The fourth-order valence-corrected chi connectivity index (χ4v) is 3.28. The molecule has 10 heteroatoms. The van der Waals surface area contributed by atoms with E-state index >= 15 is 0 Å². The van der Waals surface area contributed by atoms with Crippen molar-refractivity contribution < 1.29 is 17.6 Å². The van der Waals surface area contributed by atoms with Crippen molar-refractivity contribution in [3.05, 3.63) is 66.4 Å². The summed E-state index contributed by atoms with van der Waals surface area (Å²) in [5.41, 5.74) is 1.45. The quantitative estimate of drug-likeness (QED) is 0.539. The van der Waals surface area contributed by atoms with E-state index in [4.69, 9.17) is 0 Å². The first kappa shape index (κ1) is 20.8. The van der Waals surface area contributed by atoms with Gasteiger partial charge in [0.05, 0.1) is 12.1 Å². The fraction of sp³-hybridized carbons (Fsp3) is 0.286. The summed E-state index contributed by atoms with van der Waals surface area (Å²) in [5.74, 6) is -0.324. The van der Waals surface area contributed by atoms with Crippen LogP contribution in [-0.4, -0.2) is 34.2 Å². The van der Waals surface area contributed by atoms with Gasteiger partial charge in [0.25, 0.3) is 0 Å². The lowest BCUT2D eigenvalue weighted by atomic mass is 9.99. The zero-order valence-electron chi connectivity index (χ0n) is 16.6. The second-order valence-electron chi connectivity index (χ2n) is 7.37. The number of aromatic nitrogens is 3. The van der Waals surface area contributed by atoms with Crippen LogP contribution in [0.15, 0.2) is 55.0 Å². The lowest BCUT2D eigenvalue weighted by Crippen LogP contribution is -2.53. The van der Waals surface area contributed by atoms with Crippen LogP contribution >= 0.6 is 0 Å². The normalized spacial score (nSPS) is 15.3. The van der Waals surface area contributed by atoms with E-state index in [1.54, 1.807) is 29.2 Å². The minimum absolute atomic E-state index is 0.106. The van der Waals surface area contributed by atoms with Crippen LogP contribution in [0.5, 0.6) is 0 Å². The summed E-state index contributed by atoms with van der Waals surface area (Å²) in [7, 11) is 0. The number of halogens is 4. The van der Waals surface area contributed by atoms with Gasteiger partial charge < -0.3 is 15.5 Å². The molecule has 2 aromatic heterocycles. The number of benzene rings is 1. The highest BCUT2D eigenvalue weighted by atomic mass is 19.4. The van der Waals surface area contributed by atoms with Gasteiger partial charge in [0, 0.05) is 49.3 Å². The van der Waals surface area contributed by atoms with E-state index in [0.29, 0.717) is 23.1 Å². The Labute approximate surface area is 176 Å². The standard InChI is InChI=1S/C21H20F4N6/c1-13(14-2-4-16(22)5-3-14)28-18-8-17(31-11-15(12-31)21(23,24)25)9-19(29-18)30-20-10-26-6-7-27-20/h2-10,13,15H,11-12H2,1H3,(H2,27,28,29,30)/t13-/m0/s1. The lowest BCUT2D eigenvalue weighted by Gasteiger charge is -2.42. The van der Waals surface area contributed by atoms with Crippen molar-refractivity contribution in [1.82, 2.24) is 15.0 Å². The number of anilines is 4. The summed E-state index contributed by atoms with van der Waals surface area (Å²) in [6, 6.07) is 9.25. The van der Waals surface area contributed by atoms with Gasteiger partial charge in [0.1, 0.15) is 23.3 Å². The van der Waals surface area contributed by atoms with Gasteiger partial charge in [-0.25, -0.2) is 14.4 Å². The molecule has 1 aliphatic rings. The molecule has 162 valence electrons. The van der Waals surface area contributed by atoms with Crippen molar-refractivity contribution >= 4 is 23.1 Å². The molecule has 1 saturated heterocycles. The Bertz CT molecular complexity index is 1020. The SMILES string of the molecule is C[C@H](Nc1cc(N2CC(C(F)(F)F)C2)cc(Nc2cnccn2)n1)c1ccc(F)cc1. The van der Waals surface area contributed by atoms with Crippen molar-refractivity contribution in [2.45, 2.75) is 19.1 Å². The summed E-state index contributed by atoms with van der Waals surface area (Å²) in [5, 5.41) is 6.26. The van der Waals surface area contributed by atoms with Crippen LogP contribution in [0.1, 0.15) is 18.5 Å². The number of alkyl halides is 3. The molecule has 0 amide bonds. The highest BCUT2D eigenvalue weighted by Gasteiger charge is 2.47. The van der Waals surface area contributed by atoms with E-state index in [1.807, 2.05) is 6.92 Å². The predicted molar refractivity (Wildman–Crippen MR) is 110 cm³/mol. The van der Waals surface area contributed by atoms with Crippen LogP contribution in [0.4, 0.5) is 40.7 Å². The van der Waals surface area contributed by atoms with Gasteiger partial charge in [0.2, 0.25) is 0 Å². The van der Waals surface area contributed by atoms with Gasteiger partial charge in [-0.1, -0.05) is 12.1 Å². The Morgan fingerprint density at radius 2 is 1.74 bits per heavy atom. The molecule has 3 aromatic rings. The molecule has 4 rings (SSSR count). The van der Waals surface area contributed by atoms with Crippen molar-refractivity contribution in [1.29, 1.82) is 0 Å². The molecule has 1 aliphatic heterocycles. The topological polar surface area (TPSA) is 66.0 Å². The summed E-state index contributed by atoms with van der Waals surface area (Å²) in [6.45, 7) is 1.68. The number of pyridine rings is 1. The monoisotopic (exact) mass is 432 g/mol. The van der Waals surface area contributed by atoms with E-state index < -0.39 is 12.1 Å². The molecule has 3 heterocycles. The third-order valence-corrected chi connectivity index (χ3v) is 5.07. The zero-order valence-corrected chi connectivity index (χ0v) is 16.6. The fourth-order valence-electron chi connectivity index (χ4n) is 3.28. The van der Waals surface area contributed by atoms with E-state index in [-0.39, 0.29) is 24.9 Å². The summed E-state index contributed by atoms with van der Waals surface area (Å²) < 4.78 is 52.0. The Hall–Kier alpha value is -3.43. The maximum atomic E-state index is 13.2. The largest absolute Gasteiger partial charge is 0.395 e. The molecule has 1 fully saturated rings. The van der Waals surface area contributed by atoms with Crippen LogP contribution in [0, 0.1) is 11.7 Å². The van der Waals surface area contributed by atoms with E-state index in [2.05, 4.69) is 25.6 Å². The van der Waals surface area contributed by atoms with Crippen molar-refractivity contribution in [2.24, 2.45) is 5.92 Å². The smallest absolute Gasteiger partial charge is 0.370 e. The molecule has 0 saturated carbocycles. The molecule has 31 heavy (non-hydrogen) atoms. The molecule has 0 aliphatic carbocycles. The maximum Gasteiger partial charge on any atom is 0.395 e. The molecule has 2 N–H and O–H groups in total. The minimum atomic E-state index is -4.21. The molecule has 0 spiro atoms. The van der Waals surface area contributed by atoms with Gasteiger partial charge in [0.15, 0.2) is 0 Å². The molecule has 1 atom stereocenters. The molecular weight excluding hydrogens is 412 g/mol. The first-order valence-corrected chi connectivity index (χ1v) is 9.67. The second kappa shape index (κ2) is 8.37. The molecule has 6 nitrogen and oxygen atoms in total. The summed E-state index contributed by atoms with van der Waals surface area (Å²) in [6.07, 6.45) is 0.364. The average molecular weight is 432 g/mol. The third-order valence-electron chi connectivity index (χ3n) is 5.07. The van der Waals surface area contributed by atoms with Gasteiger partial charge in [-0.15, -0.1) is 0 Å². The van der Waals surface area contributed by atoms with E-state index in [9.17, 15) is 17.6 Å². The number of rotatable bonds is 6. The highest BCUT2D eigenvalue weighted by Crippen LogP contribution is 2.37. The number of hydrogen-bond acceptors (Lipinski definition) is 6. The Balaban J connectivity index is 1.57. The summed E-state index contributed by atoms with van der Waals surface area (Å²) in [4.78, 5) is 14.3. The second-order valence-corrected chi connectivity index (χ2v) is 7.37. The predicted octanol–water partition coefficient (Wildman–Crippen LogP) is 4.93. The van der Waals surface area contributed by atoms with Crippen molar-refractivity contribution in [3.8, 4) is 0 Å². The number of nitrogens with zero attached hydrogens (tertiary/aromatic N) is 4. The maximum absolute atomic E-state index is 13.2. The van der Waals surface area contributed by atoms with Crippen molar-refractivity contribution in [3.63, 3.8) is 0 Å². The lowest BCUT2D eigenvalue weighted by molar-refractivity contribution is -0.180. The van der Waals surface area contributed by atoms with Gasteiger partial charge in [-0.2, -0.15) is 13.2 Å². The number of hydrogen-bond donors (Lipinski definition) is 2. The molecule has 0 bridgehead atoms. The highest BCUT2D eigenvalue weighted by molar-refractivity contribution is 5.65. The molecule has 1 aromatic carbocycles. The number of nitrogens with one attached hydrogen (secondary N) is 2. The van der Waals surface area contributed by atoms with E-state index in [0.717, 1.165) is 5.56 Å². The Morgan fingerprint density at radius 3 is 2.39 bits per heavy atom. The summed E-state index contributed by atoms with van der Waals surface area (Å²) >= 11 is 0. The molecule has 0 radical (unpaired) electrons. The van der Waals surface area contributed by atoms with Crippen LogP contribution in [0.2, 0.25) is 0 Å². The van der Waals surface area contributed by atoms with Gasteiger partial charge in [-0.3, -0.25) is 4.98 Å². The first-order chi connectivity index (χ1) is 14.8. The van der Waals surface area contributed by atoms with Crippen LogP contribution in [0.3, 0.4) is 0 Å². The van der Waals surface area contributed by atoms with Crippen LogP contribution in [-0.2, 0) is 0 Å². The molecular formula is C21H20F4N6. The van der Waals surface area contributed by atoms with Gasteiger partial charge in [-0.05, 0) is 24.6 Å². The van der Waals surface area contributed by atoms with Gasteiger partial charge >= 0.3 is 6.18 Å². The van der Waals surface area contributed by atoms with Crippen LogP contribution < -0.4 is 15.5 Å². The third kappa shape index (κ3) is 5.01. The Morgan fingerprint density at radius 1 is 1.03 bits per heavy atom. The molecule has 0 unspecified atom stereocenters. The average Bonchev–Trinajstić information content (AvgIpc) is 2.67. The van der Waals surface area contributed by atoms with E-state index in [1.165, 1.54) is 30.7 Å². The Kier molecular flexibility index (Phi) is 5.62. The first-order valence-electron chi connectivity index (χ1n) is 9.67. The van der Waals surface area contributed by atoms with Crippen LogP contribution in [0.25, 0.3) is 0 Å². The van der Waals surface area contributed by atoms with Crippen molar-refractivity contribution in [2.75, 3.05) is 28.6 Å². The minimum Gasteiger partial charge on any atom is -0.370 e.